The van der Waals surface area contributed by atoms with Crippen LogP contribution in [0.4, 0.5) is 0 Å². The SMILES string of the molecule is CN=C(NCC(=O)NC(C)(C)C)NCc1nccn1CC(C)C.I. The maximum Gasteiger partial charge on any atom is 0.239 e. The van der Waals surface area contributed by atoms with Gasteiger partial charge in [-0.2, -0.15) is 0 Å². The van der Waals surface area contributed by atoms with Crippen LogP contribution in [0.3, 0.4) is 0 Å². The highest BCUT2D eigenvalue weighted by molar-refractivity contribution is 14.0. The van der Waals surface area contributed by atoms with E-state index < -0.39 is 0 Å². The van der Waals surface area contributed by atoms with E-state index >= 15 is 0 Å². The van der Waals surface area contributed by atoms with Crippen LogP contribution in [0.25, 0.3) is 0 Å². The van der Waals surface area contributed by atoms with Crippen LogP contribution in [0.15, 0.2) is 17.4 Å². The minimum atomic E-state index is -0.239. The molecule has 1 rings (SSSR count). The molecule has 0 bridgehead atoms. The van der Waals surface area contributed by atoms with Gasteiger partial charge in [0.05, 0.1) is 13.1 Å². The van der Waals surface area contributed by atoms with Gasteiger partial charge >= 0.3 is 0 Å². The molecule has 0 aliphatic rings. The molecule has 1 heterocycles. The molecule has 0 fully saturated rings. The molecule has 0 saturated carbocycles. The summed E-state index contributed by atoms with van der Waals surface area (Å²) in [7, 11) is 1.68. The largest absolute Gasteiger partial charge is 0.350 e. The molecule has 0 atom stereocenters. The molecule has 138 valence electrons. The Bertz CT molecular complexity index is 533. The summed E-state index contributed by atoms with van der Waals surface area (Å²) in [4.78, 5) is 20.3. The zero-order valence-corrected chi connectivity index (χ0v) is 17.8. The van der Waals surface area contributed by atoms with Gasteiger partial charge < -0.3 is 20.5 Å². The molecule has 0 radical (unpaired) electrons. The van der Waals surface area contributed by atoms with Gasteiger partial charge in [-0.15, -0.1) is 24.0 Å². The monoisotopic (exact) mass is 450 g/mol. The van der Waals surface area contributed by atoms with E-state index in [0.717, 1.165) is 12.4 Å². The van der Waals surface area contributed by atoms with Crippen LogP contribution in [0.5, 0.6) is 0 Å². The van der Waals surface area contributed by atoms with E-state index in [1.54, 1.807) is 13.2 Å². The van der Waals surface area contributed by atoms with Gasteiger partial charge in [0.1, 0.15) is 5.82 Å². The van der Waals surface area contributed by atoms with Crippen molar-refractivity contribution in [2.24, 2.45) is 10.9 Å². The van der Waals surface area contributed by atoms with Gasteiger partial charge in [0.2, 0.25) is 5.91 Å². The average molecular weight is 450 g/mol. The fraction of sp³-hybridized carbons (Fsp3) is 0.688. The molecule has 0 unspecified atom stereocenters. The summed E-state index contributed by atoms with van der Waals surface area (Å²) in [6.45, 7) is 11.9. The summed E-state index contributed by atoms with van der Waals surface area (Å²) in [6, 6.07) is 0. The molecule has 8 heteroatoms. The number of hydrogen-bond donors (Lipinski definition) is 3. The zero-order valence-electron chi connectivity index (χ0n) is 15.5. The standard InChI is InChI=1S/C16H30N6O.HI/c1-12(2)11-22-8-7-18-13(22)9-19-15(17-6)20-10-14(23)21-16(3,4)5;/h7-8,12H,9-11H2,1-6H3,(H,21,23)(H2,17,19,20);1H. The second-order valence-corrected chi connectivity index (χ2v) is 6.97. The van der Waals surface area contributed by atoms with E-state index in [0.29, 0.717) is 18.4 Å². The second-order valence-electron chi connectivity index (χ2n) is 6.97. The van der Waals surface area contributed by atoms with Crippen LogP contribution in [0, 0.1) is 5.92 Å². The molecule has 0 aliphatic carbocycles. The smallest absolute Gasteiger partial charge is 0.239 e. The Kier molecular flexibility index (Phi) is 9.95. The predicted octanol–water partition coefficient (Wildman–Crippen LogP) is 1.74. The van der Waals surface area contributed by atoms with Crippen molar-refractivity contribution in [2.75, 3.05) is 13.6 Å². The molecule has 0 aromatic carbocycles. The Labute approximate surface area is 162 Å². The highest BCUT2D eigenvalue weighted by atomic mass is 127. The third kappa shape index (κ3) is 9.09. The van der Waals surface area contributed by atoms with Crippen molar-refractivity contribution in [3.05, 3.63) is 18.2 Å². The highest BCUT2D eigenvalue weighted by Gasteiger charge is 2.13. The number of rotatable bonds is 6. The van der Waals surface area contributed by atoms with E-state index in [2.05, 4.69) is 44.3 Å². The van der Waals surface area contributed by atoms with E-state index in [9.17, 15) is 4.79 Å². The quantitative estimate of drug-likeness (QED) is 0.350. The maximum atomic E-state index is 11.8. The second kappa shape index (κ2) is 10.5. The zero-order chi connectivity index (χ0) is 17.5. The topological polar surface area (TPSA) is 83.3 Å². The minimum absolute atomic E-state index is 0. The summed E-state index contributed by atoms with van der Waals surface area (Å²) < 4.78 is 2.12. The first-order valence-electron chi connectivity index (χ1n) is 7.97. The normalized spacial score (nSPS) is 11.9. The van der Waals surface area contributed by atoms with Gasteiger partial charge in [0.15, 0.2) is 5.96 Å². The molecule has 1 aromatic heterocycles. The third-order valence-corrected chi connectivity index (χ3v) is 2.93. The van der Waals surface area contributed by atoms with Crippen LogP contribution in [0.2, 0.25) is 0 Å². The Balaban J connectivity index is 0.00000529. The molecule has 1 amide bonds. The van der Waals surface area contributed by atoms with Crippen LogP contribution < -0.4 is 16.0 Å². The van der Waals surface area contributed by atoms with Crippen molar-refractivity contribution in [2.45, 2.75) is 53.2 Å². The van der Waals surface area contributed by atoms with E-state index in [1.807, 2.05) is 27.0 Å². The molecule has 0 saturated heterocycles. The van der Waals surface area contributed by atoms with Gasteiger partial charge in [0.25, 0.3) is 0 Å². The molecular formula is C16H31IN6O. The Morgan fingerprint density at radius 1 is 1.33 bits per heavy atom. The third-order valence-electron chi connectivity index (χ3n) is 2.93. The van der Waals surface area contributed by atoms with Crippen LogP contribution >= 0.6 is 24.0 Å². The average Bonchev–Trinajstić information content (AvgIpc) is 2.83. The summed E-state index contributed by atoms with van der Waals surface area (Å²) in [5.74, 6) is 2.01. The van der Waals surface area contributed by atoms with E-state index in [1.165, 1.54) is 0 Å². The number of nitrogens with zero attached hydrogens (tertiary/aromatic N) is 3. The molecule has 1 aromatic rings. The maximum absolute atomic E-state index is 11.8. The first-order chi connectivity index (χ1) is 10.7. The lowest BCUT2D eigenvalue weighted by Gasteiger charge is -2.21. The molecule has 24 heavy (non-hydrogen) atoms. The minimum Gasteiger partial charge on any atom is -0.350 e. The Morgan fingerprint density at radius 2 is 2.00 bits per heavy atom. The van der Waals surface area contributed by atoms with Crippen LogP contribution in [0.1, 0.15) is 40.4 Å². The molecule has 0 spiro atoms. The number of imidazole rings is 1. The number of amides is 1. The van der Waals surface area contributed by atoms with Gasteiger partial charge in [-0.1, -0.05) is 13.8 Å². The van der Waals surface area contributed by atoms with E-state index in [4.69, 9.17) is 0 Å². The molecule has 3 N–H and O–H groups in total. The van der Waals surface area contributed by atoms with Crippen molar-refractivity contribution in [1.29, 1.82) is 0 Å². The van der Waals surface area contributed by atoms with Crippen molar-refractivity contribution >= 4 is 35.8 Å². The van der Waals surface area contributed by atoms with E-state index in [-0.39, 0.29) is 42.0 Å². The van der Waals surface area contributed by atoms with Crippen molar-refractivity contribution in [3.63, 3.8) is 0 Å². The van der Waals surface area contributed by atoms with Gasteiger partial charge in [-0.3, -0.25) is 9.79 Å². The summed E-state index contributed by atoms with van der Waals surface area (Å²) in [5.41, 5.74) is -0.239. The summed E-state index contributed by atoms with van der Waals surface area (Å²) in [5, 5.41) is 9.08. The molecule has 7 nitrogen and oxygen atoms in total. The number of carbonyl (C=O) groups excluding carboxylic acids is 1. The number of carbonyl (C=O) groups is 1. The number of hydrogen-bond acceptors (Lipinski definition) is 3. The number of aromatic nitrogens is 2. The summed E-state index contributed by atoms with van der Waals surface area (Å²) in [6.07, 6.45) is 3.77. The predicted molar refractivity (Wildman–Crippen MR) is 109 cm³/mol. The Morgan fingerprint density at radius 3 is 2.54 bits per heavy atom. The van der Waals surface area contributed by atoms with Crippen LogP contribution in [-0.2, 0) is 17.9 Å². The molecule has 0 aliphatic heterocycles. The fourth-order valence-electron chi connectivity index (χ4n) is 2.08. The van der Waals surface area contributed by atoms with Crippen molar-refractivity contribution in [3.8, 4) is 0 Å². The lowest BCUT2D eigenvalue weighted by atomic mass is 10.1. The van der Waals surface area contributed by atoms with Crippen LogP contribution in [-0.4, -0.2) is 40.5 Å². The number of aliphatic imine (C=N–C) groups is 1. The van der Waals surface area contributed by atoms with Gasteiger partial charge in [-0.05, 0) is 26.7 Å². The molecular weight excluding hydrogens is 419 g/mol. The number of guanidine groups is 1. The van der Waals surface area contributed by atoms with Gasteiger partial charge in [-0.25, -0.2) is 4.98 Å². The number of nitrogens with one attached hydrogen (secondary N) is 3. The first kappa shape index (κ1) is 22.7. The lowest BCUT2D eigenvalue weighted by molar-refractivity contribution is -0.121. The lowest BCUT2D eigenvalue weighted by Crippen LogP contribution is -2.48. The number of halogens is 1. The first-order valence-corrected chi connectivity index (χ1v) is 7.97. The van der Waals surface area contributed by atoms with Crippen molar-refractivity contribution in [1.82, 2.24) is 25.5 Å². The highest BCUT2D eigenvalue weighted by Crippen LogP contribution is 2.03. The Hall–Kier alpha value is -1.32. The van der Waals surface area contributed by atoms with Gasteiger partial charge in [0, 0.05) is 31.5 Å². The fourth-order valence-corrected chi connectivity index (χ4v) is 2.08. The summed E-state index contributed by atoms with van der Waals surface area (Å²) >= 11 is 0. The van der Waals surface area contributed by atoms with Crippen molar-refractivity contribution < 1.29 is 4.79 Å².